The highest BCUT2D eigenvalue weighted by Crippen LogP contribution is 2.30. The van der Waals surface area contributed by atoms with Crippen molar-refractivity contribution in [2.24, 2.45) is 5.11 Å². The molecule has 34 heavy (non-hydrogen) atoms. The lowest BCUT2D eigenvalue weighted by Gasteiger charge is -2.27. The first kappa shape index (κ1) is 25.1. The Labute approximate surface area is 194 Å². The number of benzene rings is 1. The second-order valence-corrected chi connectivity index (χ2v) is 7.29. The molecule has 0 aliphatic carbocycles. The van der Waals surface area contributed by atoms with Crippen molar-refractivity contribution in [1.29, 1.82) is 0 Å². The summed E-state index contributed by atoms with van der Waals surface area (Å²) in [4.78, 5) is 52.5. The number of imide groups is 2. The maximum Gasteiger partial charge on any atom is 0.262 e. The number of carbonyl (C=O) groups is 4. The van der Waals surface area contributed by atoms with Crippen LogP contribution in [0.25, 0.3) is 10.4 Å². The number of carbonyl (C=O) groups excluding carboxylic acids is 4. The van der Waals surface area contributed by atoms with Crippen LogP contribution in [-0.2, 0) is 23.8 Å². The average Bonchev–Trinajstić information content (AvgIpc) is 3.06. The van der Waals surface area contributed by atoms with Crippen LogP contribution in [0.4, 0.5) is 0 Å². The summed E-state index contributed by atoms with van der Waals surface area (Å²) in [5.41, 5.74) is 8.47. The number of piperidine rings is 1. The molecule has 1 aromatic carbocycles. The number of azide groups is 1. The van der Waals surface area contributed by atoms with Crippen LogP contribution < -0.4 is 10.1 Å². The minimum atomic E-state index is -1.01. The number of nitrogens with one attached hydrogen (secondary N) is 1. The fourth-order valence-electron chi connectivity index (χ4n) is 3.45. The van der Waals surface area contributed by atoms with Gasteiger partial charge in [-0.25, -0.2) is 0 Å². The van der Waals surface area contributed by atoms with Gasteiger partial charge in [-0.3, -0.25) is 29.4 Å². The first-order chi connectivity index (χ1) is 16.5. The molecule has 0 bridgehead atoms. The van der Waals surface area contributed by atoms with E-state index in [1.807, 2.05) is 0 Å². The number of hydrogen-bond donors (Lipinski definition) is 1. The van der Waals surface area contributed by atoms with Crippen LogP contribution in [0.2, 0.25) is 0 Å². The van der Waals surface area contributed by atoms with E-state index in [1.165, 1.54) is 12.1 Å². The zero-order chi connectivity index (χ0) is 24.3. The SMILES string of the molecule is [N-]=[N+]=NCCOCCOCCOCCOc1ccc2c(c1)C(=O)N(C1CCC(=O)NC1=O)C2=O. The summed E-state index contributed by atoms with van der Waals surface area (Å²) in [6.45, 7) is 2.67. The average molecular weight is 475 g/mol. The molecule has 2 heterocycles. The van der Waals surface area contributed by atoms with E-state index in [0.717, 1.165) is 4.90 Å². The molecule has 0 aromatic heterocycles. The van der Waals surface area contributed by atoms with Crippen molar-refractivity contribution in [2.75, 3.05) is 52.8 Å². The van der Waals surface area contributed by atoms with Gasteiger partial charge in [-0.1, -0.05) is 5.11 Å². The van der Waals surface area contributed by atoms with Crippen molar-refractivity contribution in [2.45, 2.75) is 18.9 Å². The summed E-state index contributed by atoms with van der Waals surface area (Å²) >= 11 is 0. The van der Waals surface area contributed by atoms with E-state index in [2.05, 4.69) is 15.3 Å². The quantitative estimate of drug-likeness (QED) is 0.136. The number of rotatable bonds is 14. The van der Waals surface area contributed by atoms with Gasteiger partial charge in [0, 0.05) is 17.9 Å². The molecule has 0 radical (unpaired) electrons. The third-order valence-electron chi connectivity index (χ3n) is 5.05. The molecule has 0 saturated carbocycles. The molecule has 13 heteroatoms. The monoisotopic (exact) mass is 475 g/mol. The highest BCUT2D eigenvalue weighted by atomic mass is 16.6. The molecule has 4 amide bonds. The molecule has 2 aliphatic rings. The Hall–Kier alpha value is -3.51. The second-order valence-electron chi connectivity index (χ2n) is 7.29. The molecule has 2 aliphatic heterocycles. The van der Waals surface area contributed by atoms with Crippen LogP contribution in [0, 0.1) is 0 Å². The van der Waals surface area contributed by atoms with Crippen molar-refractivity contribution in [1.82, 2.24) is 10.2 Å². The summed E-state index contributed by atoms with van der Waals surface area (Å²) in [6.07, 6.45) is 0.168. The van der Waals surface area contributed by atoms with Crippen LogP contribution >= 0.6 is 0 Å². The number of hydrogen-bond acceptors (Lipinski definition) is 9. The van der Waals surface area contributed by atoms with E-state index in [0.29, 0.717) is 45.4 Å². The minimum absolute atomic E-state index is 0.0653. The molecule has 1 saturated heterocycles. The molecule has 182 valence electrons. The summed E-state index contributed by atoms with van der Waals surface area (Å²) in [6, 6.07) is 3.52. The molecule has 3 rings (SSSR count). The first-order valence-electron chi connectivity index (χ1n) is 10.8. The highest BCUT2D eigenvalue weighted by molar-refractivity contribution is 6.23. The number of nitrogens with zero attached hydrogens (tertiary/aromatic N) is 4. The Bertz CT molecular complexity index is 978. The normalized spacial score (nSPS) is 17.4. The van der Waals surface area contributed by atoms with E-state index in [4.69, 9.17) is 24.5 Å². The lowest BCUT2D eigenvalue weighted by atomic mass is 10.0. The summed E-state index contributed by atoms with van der Waals surface area (Å²) in [5, 5.41) is 5.51. The fraction of sp³-hybridized carbons (Fsp3) is 0.524. The van der Waals surface area contributed by atoms with E-state index >= 15 is 0 Å². The van der Waals surface area contributed by atoms with Gasteiger partial charge >= 0.3 is 0 Å². The summed E-state index contributed by atoms with van der Waals surface area (Å²) in [5.74, 6) is -1.83. The molecule has 0 spiro atoms. The van der Waals surface area contributed by atoms with Crippen LogP contribution in [-0.4, -0.2) is 87.4 Å². The van der Waals surface area contributed by atoms with Crippen molar-refractivity contribution >= 4 is 23.6 Å². The van der Waals surface area contributed by atoms with Gasteiger partial charge in [0.05, 0.1) is 50.8 Å². The number of ether oxygens (including phenoxy) is 4. The predicted molar refractivity (Wildman–Crippen MR) is 115 cm³/mol. The topological polar surface area (TPSA) is 169 Å². The maximum absolute atomic E-state index is 12.8. The maximum atomic E-state index is 12.8. The predicted octanol–water partition coefficient (Wildman–Crippen LogP) is 0.827. The fourth-order valence-corrected chi connectivity index (χ4v) is 3.45. The third kappa shape index (κ3) is 6.51. The Kier molecular flexibility index (Phi) is 9.35. The molecule has 1 atom stereocenters. The summed E-state index contributed by atoms with van der Waals surface area (Å²) < 4.78 is 21.5. The smallest absolute Gasteiger partial charge is 0.262 e. The number of amides is 4. The lowest BCUT2D eigenvalue weighted by molar-refractivity contribution is -0.136. The van der Waals surface area contributed by atoms with Gasteiger partial charge in [0.1, 0.15) is 18.4 Å². The van der Waals surface area contributed by atoms with Gasteiger partial charge < -0.3 is 18.9 Å². The van der Waals surface area contributed by atoms with Gasteiger partial charge in [0.15, 0.2) is 0 Å². The van der Waals surface area contributed by atoms with Gasteiger partial charge in [-0.2, -0.15) is 0 Å². The molecule has 1 fully saturated rings. The lowest BCUT2D eigenvalue weighted by Crippen LogP contribution is -2.54. The second kappa shape index (κ2) is 12.7. The minimum Gasteiger partial charge on any atom is -0.491 e. The van der Waals surface area contributed by atoms with Gasteiger partial charge in [-0.15, -0.1) is 0 Å². The number of fused-ring (bicyclic) bond motifs is 1. The Morgan fingerprint density at radius 3 is 2.26 bits per heavy atom. The van der Waals surface area contributed by atoms with Gasteiger partial charge in [0.25, 0.3) is 11.8 Å². The van der Waals surface area contributed by atoms with E-state index in [-0.39, 0.29) is 37.1 Å². The van der Waals surface area contributed by atoms with Gasteiger partial charge in [0.2, 0.25) is 11.8 Å². The Morgan fingerprint density at radius 2 is 1.59 bits per heavy atom. The van der Waals surface area contributed by atoms with Crippen molar-refractivity contribution in [3.05, 3.63) is 39.8 Å². The van der Waals surface area contributed by atoms with Gasteiger partial charge in [-0.05, 0) is 30.2 Å². The van der Waals surface area contributed by atoms with Crippen molar-refractivity contribution < 1.29 is 38.1 Å². The van der Waals surface area contributed by atoms with Crippen molar-refractivity contribution in [3.63, 3.8) is 0 Å². The molecule has 13 nitrogen and oxygen atoms in total. The van der Waals surface area contributed by atoms with E-state index in [1.54, 1.807) is 6.07 Å². The zero-order valence-corrected chi connectivity index (χ0v) is 18.4. The largest absolute Gasteiger partial charge is 0.491 e. The third-order valence-corrected chi connectivity index (χ3v) is 5.05. The molecule has 1 unspecified atom stereocenters. The first-order valence-corrected chi connectivity index (χ1v) is 10.8. The molecule has 1 N–H and O–H groups in total. The molecular formula is C21H25N5O8. The van der Waals surface area contributed by atoms with Crippen molar-refractivity contribution in [3.8, 4) is 5.75 Å². The van der Waals surface area contributed by atoms with E-state index in [9.17, 15) is 19.2 Å². The molecule has 1 aromatic rings. The molecular weight excluding hydrogens is 450 g/mol. The summed E-state index contributed by atoms with van der Waals surface area (Å²) in [7, 11) is 0. The van der Waals surface area contributed by atoms with Crippen LogP contribution in [0.5, 0.6) is 5.75 Å². The zero-order valence-electron chi connectivity index (χ0n) is 18.4. The van der Waals surface area contributed by atoms with Crippen LogP contribution in [0.3, 0.4) is 0 Å². The van der Waals surface area contributed by atoms with Crippen LogP contribution in [0.15, 0.2) is 23.3 Å². The standard InChI is InChI=1S/C21H25N5O8/c22-25-23-5-6-31-7-8-32-9-10-33-11-12-34-14-1-2-15-16(13-14)21(30)26(20(15)29)17-3-4-18(27)24-19(17)28/h1-2,13,17H,3-12H2,(H,24,27,28). The van der Waals surface area contributed by atoms with Crippen LogP contribution in [0.1, 0.15) is 33.6 Å². The Balaban J connectivity index is 1.35. The highest BCUT2D eigenvalue weighted by Gasteiger charge is 2.44. The van der Waals surface area contributed by atoms with E-state index < -0.39 is 29.7 Å². The Morgan fingerprint density at radius 1 is 0.941 bits per heavy atom.